The molecule has 6 nitrogen and oxygen atoms in total. The van der Waals surface area contributed by atoms with Crippen LogP contribution >= 0.6 is 11.6 Å². The maximum absolute atomic E-state index is 14.5. The van der Waals surface area contributed by atoms with Crippen LogP contribution in [0.2, 0.25) is 5.02 Å². The number of anilines is 4. The van der Waals surface area contributed by atoms with E-state index in [1.165, 1.54) is 6.07 Å². The number of halogens is 2. The molecule has 2 aromatic heterocycles. The molecular weight excluding hydrogens is 427 g/mol. The Morgan fingerprint density at radius 3 is 2.59 bits per heavy atom. The van der Waals surface area contributed by atoms with E-state index in [0.29, 0.717) is 28.9 Å². The average Bonchev–Trinajstić information content (AvgIpc) is 2.80. The number of nitrogens with zero attached hydrogens (tertiary/aromatic N) is 4. The summed E-state index contributed by atoms with van der Waals surface area (Å²) in [5.41, 5.74) is 2.97. The summed E-state index contributed by atoms with van der Waals surface area (Å²) in [6.07, 6.45) is 3.42. The lowest BCUT2D eigenvalue weighted by Gasteiger charge is -2.19. The van der Waals surface area contributed by atoms with Crippen LogP contribution in [0.5, 0.6) is 0 Å². The standard InChI is InChI=1S/C24H24ClFN6/c1-3-32(4-2)24-28-12-10-23(31-24)29-15-16-13-18(6-8-20(16)26)30-21-9-11-27-22-14-17(25)5-7-19(21)22/h5-14H,3-4,15H2,1-2H3,(H,27,30)(H,28,29,31). The van der Waals surface area contributed by atoms with Gasteiger partial charge in [-0.25, -0.2) is 9.37 Å². The van der Waals surface area contributed by atoms with E-state index < -0.39 is 0 Å². The molecule has 0 spiro atoms. The van der Waals surface area contributed by atoms with Crippen molar-refractivity contribution < 1.29 is 4.39 Å². The normalized spacial score (nSPS) is 10.9. The summed E-state index contributed by atoms with van der Waals surface area (Å²) >= 11 is 6.08. The Balaban J connectivity index is 1.52. The van der Waals surface area contributed by atoms with Gasteiger partial charge in [-0.05, 0) is 62.4 Å². The zero-order valence-corrected chi connectivity index (χ0v) is 18.7. The first-order valence-electron chi connectivity index (χ1n) is 10.5. The highest BCUT2D eigenvalue weighted by Gasteiger charge is 2.09. The first kappa shape index (κ1) is 21.8. The molecular formula is C24H24ClFN6. The molecule has 2 aromatic carbocycles. The summed E-state index contributed by atoms with van der Waals surface area (Å²) in [7, 11) is 0. The number of nitrogens with one attached hydrogen (secondary N) is 2. The number of rotatable bonds is 8. The van der Waals surface area contributed by atoms with Gasteiger partial charge >= 0.3 is 0 Å². The molecule has 0 bridgehead atoms. The lowest BCUT2D eigenvalue weighted by Crippen LogP contribution is -2.24. The average molecular weight is 451 g/mol. The number of benzene rings is 2. The van der Waals surface area contributed by atoms with Crippen molar-refractivity contribution in [3.05, 3.63) is 77.3 Å². The lowest BCUT2D eigenvalue weighted by atomic mass is 10.1. The second-order valence-corrected chi connectivity index (χ2v) is 7.66. The minimum Gasteiger partial charge on any atom is -0.366 e. The third-order valence-electron chi connectivity index (χ3n) is 5.18. The molecule has 164 valence electrons. The van der Waals surface area contributed by atoms with Crippen molar-refractivity contribution in [2.75, 3.05) is 28.6 Å². The fraction of sp³-hybridized carbons (Fsp3) is 0.208. The van der Waals surface area contributed by atoms with Crippen LogP contribution in [0.1, 0.15) is 19.4 Å². The second-order valence-electron chi connectivity index (χ2n) is 7.22. The van der Waals surface area contributed by atoms with Gasteiger partial charge in [-0.15, -0.1) is 0 Å². The Bertz CT molecular complexity index is 1230. The summed E-state index contributed by atoms with van der Waals surface area (Å²) < 4.78 is 14.5. The third-order valence-corrected chi connectivity index (χ3v) is 5.41. The monoisotopic (exact) mass is 450 g/mol. The van der Waals surface area contributed by atoms with Crippen LogP contribution in [0, 0.1) is 5.82 Å². The molecule has 4 rings (SSSR count). The molecule has 8 heteroatoms. The van der Waals surface area contributed by atoms with E-state index in [1.807, 2.05) is 24.3 Å². The Morgan fingerprint density at radius 1 is 0.969 bits per heavy atom. The molecule has 0 radical (unpaired) electrons. The van der Waals surface area contributed by atoms with Crippen LogP contribution in [-0.2, 0) is 6.54 Å². The predicted octanol–water partition coefficient (Wildman–Crippen LogP) is 6.02. The summed E-state index contributed by atoms with van der Waals surface area (Å²) in [6, 6.07) is 14.2. The largest absolute Gasteiger partial charge is 0.366 e. The molecule has 4 aromatic rings. The van der Waals surface area contributed by atoms with E-state index >= 15 is 0 Å². The number of hydrogen-bond donors (Lipinski definition) is 2. The Labute approximate surface area is 191 Å². The summed E-state index contributed by atoms with van der Waals surface area (Å²) in [5, 5.41) is 8.13. The summed E-state index contributed by atoms with van der Waals surface area (Å²) in [6.45, 7) is 6.04. The molecule has 0 saturated carbocycles. The predicted molar refractivity (Wildman–Crippen MR) is 129 cm³/mol. The maximum atomic E-state index is 14.5. The summed E-state index contributed by atoms with van der Waals surface area (Å²) in [5.74, 6) is 1.02. The number of aromatic nitrogens is 3. The number of hydrogen-bond acceptors (Lipinski definition) is 6. The van der Waals surface area contributed by atoms with E-state index in [-0.39, 0.29) is 5.82 Å². The molecule has 0 aliphatic carbocycles. The van der Waals surface area contributed by atoms with Crippen LogP contribution in [0.4, 0.5) is 27.5 Å². The van der Waals surface area contributed by atoms with Gasteiger partial charge in [0.25, 0.3) is 0 Å². The van der Waals surface area contributed by atoms with Gasteiger partial charge in [-0.2, -0.15) is 4.98 Å². The first-order chi connectivity index (χ1) is 15.6. The molecule has 0 atom stereocenters. The minimum atomic E-state index is -0.285. The minimum absolute atomic E-state index is 0.285. The molecule has 32 heavy (non-hydrogen) atoms. The molecule has 0 amide bonds. The fourth-order valence-electron chi connectivity index (χ4n) is 3.47. The molecule has 0 saturated heterocycles. The first-order valence-corrected chi connectivity index (χ1v) is 10.9. The summed E-state index contributed by atoms with van der Waals surface area (Å²) in [4.78, 5) is 15.3. The Morgan fingerprint density at radius 2 is 1.78 bits per heavy atom. The second kappa shape index (κ2) is 9.78. The van der Waals surface area contributed by atoms with E-state index in [2.05, 4.69) is 44.3 Å². The zero-order valence-electron chi connectivity index (χ0n) is 17.9. The molecule has 2 heterocycles. The highest BCUT2D eigenvalue weighted by atomic mass is 35.5. The molecule has 0 fully saturated rings. The fourth-order valence-corrected chi connectivity index (χ4v) is 3.63. The van der Waals surface area contributed by atoms with E-state index in [1.54, 1.807) is 30.6 Å². The van der Waals surface area contributed by atoms with Gasteiger partial charge in [0.2, 0.25) is 5.95 Å². The van der Waals surface area contributed by atoms with Crippen LogP contribution in [0.25, 0.3) is 10.9 Å². The van der Waals surface area contributed by atoms with Crippen molar-refractivity contribution in [1.82, 2.24) is 15.0 Å². The SMILES string of the molecule is CCN(CC)c1nccc(NCc2cc(Nc3ccnc4cc(Cl)ccc34)ccc2F)n1. The van der Waals surface area contributed by atoms with Gasteiger partial charge in [0.1, 0.15) is 11.6 Å². The van der Waals surface area contributed by atoms with Crippen molar-refractivity contribution in [3.8, 4) is 0 Å². The van der Waals surface area contributed by atoms with Gasteiger partial charge in [0.05, 0.1) is 5.52 Å². The van der Waals surface area contributed by atoms with E-state index in [9.17, 15) is 4.39 Å². The van der Waals surface area contributed by atoms with Crippen LogP contribution in [0.3, 0.4) is 0 Å². The van der Waals surface area contributed by atoms with Crippen molar-refractivity contribution >= 4 is 45.6 Å². The number of fused-ring (bicyclic) bond motifs is 1. The topological polar surface area (TPSA) is 66.0 Å². The van der Waals surface area contributed by atoms with Crippen molar-refractivity contribution in [1.29, 1.82) is 0 Å². The van der Waals surface area contributed by atoms with Crippen LogP contribution < -0.4 is 15.5 Å². The van der Waals surface area contributed by atoms with E-state index in [4.69, 9.17) is 11.6 Å². The third kappa shape index (κ3) is 4.89. The van der Waals surface area contributed by atoms with Crippen molar-refractivity contribution in [2.24, 2.45) is 0 Å². The highest BCUT2D eigenvalue weighted by Crippen LogP contribution is 2.28. The quantitative estimate of drug-likeness (QED) is 0.342. The van der Waals surface area contributed by atoms with Crippen LogP contribution in [0.15, 0.2) is 60.9 Å². The molecule has 0 unspecified atom stereocenters. The zero-order chi connectivity index (χ0) is 22.5. The highest BCUT2D eigenvalue weighted by molar-refractivity contribution is 6.31. The van der Waals surface area contributed by atoms with Crippen molar-refractivity contribution in [2.45, 2.75) is 20.4 Å². The Hall–Kier alpha value is -3.45. The molecule has 0 aliphatic heterocycles. The van der Waals surface area contributed by atoms with E-state index in [0.717, 1.165) is 35.4 Å². The van der Waals surface area contributed by atoms with Gasteiger partial charge in [0, 0.05) is 59.4 Å². The van der Waals surface area contributed by atoms with Gasteiger partial charge in [-0.3, -0.25) is 4.98 Å². The Kier molecular flexibility index (Phi) is 6.66. The van der Waals surface area contributed by atoms with Crippen LogP contribution in [-0.4, -0.2) is 28.0 Å². The van der Waals surface area contributed by atoms with Crippen molar-refractivity contribution in [3.63, 3.8) is 0 Å². The smallest absolute Gasteiger partial charge is 0.227 e. The van der Waals surface area contributed by atoms with Gasteiger partial charge < -0.3 is 15.5 Å². The molecule has 2 N–H and O–H groups in total. The maximum Gasteiger partial charge on any atom is 0.227 e. The number of pyridine rings is 1. The molecule has 0 aliphatic rings. The van der Waals surface area contributed by atoms with Gasteiger partial charge in [0.15, 0.2) is 0 Å². The van der Waals surface area contributed by atoms with Gasteiger partial charge in [-0.1, -0.05) is 11.6 Å². The lowest BCUT2D eigenvalue weighted by molar-refractivity contribution is 0.613.